The molecule has 2 aromatic carbocycles. The van der Waals surface area contributed by atoms with E-state index in [9.17, 15) is 9.59 Å². The second-order valence-corrected chi connectivity index (χ2v) is 11.6. The summed E-state index contributed by atoms with van der Waals surface area (Å²) in [7, 11) is 0. The zero-order valence-electron chi connectivity index (χ0n) is 19.9. The normalized spacial score (nSPS) is 26.8. The van der Waals surface area contributed by atoms with E-state index in [4.69, 9.17) is 39.5 Å². The molecule has 1 aliphatic carbocycles. The third-order valence-electron chi connectivity index (χ3n) is 7.07. The first-order valence-corrected chi connectivity index (χ1v) is 12.4. The minimum absolute atomic E-state index is 0.115. The highest BCUT2D eigenvalue weighted by atomic mass is 35.5. The molecule has 7 heteroatoms. The van der Waals surface area contributed by atoms with Gasteiger partial charge in [0.1, 0.15) is 5.60 Å². The van der Waals surface area contributed by atoms with Crippen LogP contribution in [-0.4, -0.2) is 29.0 Å². The lowest BCUT2D eigenvalue weighted by Crippen LogP contribution is -2.42. The van der Waals surface area contributed by atoms with E-state index in [0.717, 1.165) is 16.7 Å². The molecular formula is C27H28Cl3NO3. The van der Waals surface area contributed by atoms with E-state index in [1.54, 1.807) is 26.8 Å². The third-order valence-corrected chi connectivity index (χ3v) is 7.88. The third kappa shape index (κ3) is 4.36. The van der Waals surface area contributed by atoms with Gasteiger partial charge < -0.3 is 4.74 Å². The van der Waals surface area contributed by atoms with Gasteiger partial charge in [-0.1, -0.05) is 64.7 Å². The molecule has 0 spiro atoms. The number of carbonyl (C=O) groups excluding carboxylic acids is 2. The predicted molar refractivity (Wildman–Crippen MR) is 137 cm³/mol. The number of carbonyl (C=O) groups is 2. The van der Waals surface area contributed by atoms with Crippen LogP contribution in [0.5, 0.6) is 0 Å². The fourth-order valence-corrected chi connectivity index (χ4v) is 5.95. The summed E-state index contributed by atoms with van der Waals surface area (Å²) in [6.45, 7) is 9.52. The Labute approximate surface area is 215 Å². The molecule has 0 N–H and O–H groups in total. The second-order valence-electron chi connectivity index (χ2n) is 10.3. The lowest BCUT2D eigenvalue weighted by atomic mass is 9.58. The molecule has 1 heterocycles. The lowest BCUT2D eigenvalue weighted by molar-refractivity contribution is -0.133. The van der Waals surface area contributed by atoms with Crippen molar-refractivity contribution in [1.29, 1.82) is 0 Å². The number of amides is 2. The number of allylic oxidation sites excluding steroid dienone is 1. The summed E-state index contributed by atoms with van der Waals surface area (Å²) >= 11 is 19.0. The number of nitrogens with zero attached hydrogens (tertiary/aromatic N) is 1. The van der Waals surface area contributed by atoms with Gasteiger partial charge in [0.2, 0.25) is 5.91 Å². The Morgan fingerprint density at radius 3 is 2.26 bits per heavy atom. The standard InChI is InChI=1S/C27H28Cl3NO3/c1-15-12-20(19-11-10-18(29)13-22(19)30)23(16-6-8-17(28)9-7-16)21-14-31(24(32)27(15,21)5)25(33)34-26(2,3)4/h6-13,20-21,23H,14H2,1-5H3/t20-,21-,23-,27+/m0/s1. The molecule has 1 saturated heterocycles. The highest BCUT2D eigenvalue weighted by Crippen LogP contribution is 2.58. The van der Waals surface area contributed by atoms with Crippen molar-refractivity contribution in [3.63, 3.8) is 0 Å². The number of likely N-dealkylation sites (tertiary alicyclic amines) is 1. The van der Waals surface area contributed by atoms with Gasteiger partial charge in [-0.15, -0.1) is 0 Å². The molecule has 34 heavy (non-hydrogen) atoms. The molecular weight excluding hydrogens is 493 g/mol. The van der Waals surface area contributed by atoms with Gasteiger partial charge in [-0.2, -0.15) is 0 Å². The molecule has 4 nitrogen and oxygen atoms in total. The van der Waals surface area contributed by atoms with Crippen LogP contribution in [0.25, 0.3) is 0 Å². The van der Waals surface area contributed by atoms with Gasteiger partial charge >= 0.3 is 6.09 Å². The van der Waals surface area contributed by atoms with Crippen molar-refractivity contribution in [2.75, 3.05) is 6.54 Å². The van der Waals surface area contributed by atoms with Crippen molar-refractivity contribution in [2.24, 2.45) is 11.3 Å². The molecule has 0 bridgehead atoms. The number of benzene rings is 2. The van der Waals surface area contributed by atoms with Crippen LogP contribution in [0.4, 0.5) is 4.79 Å². The summed E-state index contributed by atoms with van der Waals surface area (Å²) < 4.78 is 5.57. The summed E-state index contributed by atoms with van der Waals surface area (Å²) in [5.74, 6) is -0.660. The van der Waals surface area contributed by atoms with Crippen LogP contribution in [0, 0.1) is 11.3 Å². The topological polar surface area (TPSA) is 46.6 Å². The van der Waals surface area contributed by atoms with Crippen LogP contribution < -0.4 is 0 Å². The summed E-state index contributed by atoms with van der Waals surface area (Å²) in [4.78, 5) is 28.0. The SMILES string of the molecule is CC1=C[C@@H](c2ccc(Cl)cc2Cl)[C@H](c2ccc(Cl)cc2)[C@@H]2CN(C(=O)OC(C)(C)C)C(=O)[C@]12C. The molecule has 0 aromatic heterocycles. The van der Waals surface area contributed by atoms with Gasteiger partial charge in [0.25, 0.3) is 0 Å². The molecule has 4 rings (SSSR count). The highest BCUT2D eigenvalue weighted by Gasteiger charge is 2.60. The summed E-state index contributed by atoms with van der Waals surface area (Å²) in [6, 6.07) is 13.2. The Kier molecular flexibility index (Phi) is 6.56. The minimum atomic E-state index is -0.851. The molecule has 180 valence electrons. The number of hydrogen-bond acceptors (Lipinski definition) is 3. The van der Waals surface area contributed by atoms with Crippen LogP contribution >= 0.6 is 34.8 Å². The maximum absolute atomic E-state index is 13.7. The van der Waals surface area contributed by atoms with Gasteiger partial charge in [-0.3, -0.25) is 4.79 Å². The number of fused-ring (bicyclic) bond motifs is 1. The number of hydrogen-bond donors (Lipinski definition) is 0. The fourth-order valence-electron chi connectivity index (χ4n) is 5.29. The van der Waals surface area contributed by atoms with Crippen molar-refractivity contribution in [3.05, 3.63) is 80.3 Å². The number of halogens is 3. The van der Waals surface area contributed by atoms with Gasteiger partial charge in [0.15, 0.2) is 0 Å². The Hall–Kier alpha value is -2.01. The lowest BCUT2D eigenvalue weighted by Gasteiger charge is -2.43. The maximum Gasteiger partial charge on any atom is 0.417 e. The van der Waals surface area contributed by atoms with Gasteiger partial charge in [-0.25, -0.2) is 9.69 Å². The van der Waals surface area contributed by atoms with Gasteiger partial charge in [0, 0.05) is 39.4 Å². The average molecular weight is 521 g/mol. The summed E-state index contributed by atoms with van der Waals surface area (Å²) in [5.41, 5.74) is 1.31. The minimum Gasteiger partial charge on any atom is -0.443 e. The van der Waals surface area contributed by atoms with E-state index < -0.39 is 17.1 Å². The first-order chi connectivity index (χ1) is 15.8. The van der Waals surface area contributed by atoms with E-state index in [1.165, 1.54) is 4.90 Å². The molecule has 2 aromatic rings. The molecule has 0 radical (unpaired) electrons. The Balaban J connectivity index is 1.86. The van der Waals surface area contributed by atoms with E-state index in [1.807, 2.05) is 50.2 Å². The molecule has 2 amide bonds. The monoisotopic (exact) mass is 519 g/mol. The highest BCUT2D eigenvalue weighted by molar-refractivity contribution is 6.35. The molecule has 4 atom stereocenters. The molecule has 1 fully saturated rings. The smallest absolute Gasteiger partial charge is 0.417 e. The van der Waals surface area contributed by atoms with Crippen LogP contribution in [0.3, 0.4) is 0 Å². The first-order valence-electron chi connectivity index (χ1n) is 11.3. The van der Waals surface area contributed by atoms with Crippen molar-refractivity contribution < 1.29 is 14.3 Å². The predicted octanol–water partition coefficient (Wildman–Crippen LogP) is 7.87. The molecule has 2 aliphatic rings. The Bertz CT molecular complexity index is 1170. The van der Waals surface area contributed by atoms with Crippen molar-refractivity contribution in [3.8, 4) is 0 Å². The largest absolute Gasteiger partial charge is 0.443 e. The van der Waals surface area contributed by atoms with E-state index >= 15 is 0 Å². The second kappa shape index (κ2) is 8.89. The van der Waals surface area contributed by atoms with Gasteiger partial charge in [0.05, 0.1) is 5.41 Å². The fraction of sp³-hybridized carbons (Fsp3) is 0.407. The zero-order chi connectivity index (χ0) is 25.0. The summed E-state index contributed by atoms with van der Waals surface area (Å²) in [6.07, 6.45) is 1.50. The molecule has 0 unspecified atom stereocenters. The molecule has 0 saturated carbocycles. The Morgan fingerprint density at radius 1 is 1.06 bits per heavy atom. The zero-order valence-corrected chi connectivity index (χ0v) is 22.1. The summed E-state index contributed by atoms with van der Waals surface area (Å²) in [5, 5.41) is 1.76. The van der Waals surface area contributed by atoms with Crippen LogP contribution in [0.2, 0.25) is 15.1 Å². The van der Waals surface area contributed by atoms with E-state index in [-0.39, 0.29) is 30.2 Å². The van der Waals surface area contributed by atoms with Crippen LogP contribution in [0.1, 0.15) is 57.6 Å². The van der Waals surface area contributed by atoms with Crippen LogP contribution in [-0.2, 0) is 9.53 Å². The number of rotatable bonds is 2. The first kappa shape index (κ1) is 25.1. The Morgan fingerprint density at radius 2 is 1.68 bits per heavy atom. The van der Waals surface area contributed by atoms with E-state index in [2.05, 4.69) is 6.08 Å². The number of ether oxygens (including phenoxy) is 1. The quantitative estimate of drug-likeness (QED) is 0.378. The van der Waals surface area contributed by atoms with Crippen molar-refractivity contribution in [2.45, 2.75) is 52.1 Å². The van der Waals surface area contributed by atoms with Gasteiger partial charge in [-0.05, 0) is 70.0 Å². The molecule has 1 aliphatic heterocycles. The maximum atomic E-state index is 13.7. The average Bonchev–Trinajstić information content (AvgIpc) is 3.01. The van der Waals surface area contributed by atoms with Crippen molar-refractivity contribution in [1.82, 2.24) is 4.90 Å². The van der Waals surface area contributed by atoms with E-state index in [0.29, 0.717) is 15.1 Å². The number of imide groups is 1. The van der Waals surface area contributed by atoms with Crippen molar-refractivity contribution >= 4 is 46.8 Å². The van der Waals surface area contributed by atoms with Crippen LogP contribution in [0.15, 0.2) is 54.1 Å².